The zero-order chi connectivity index (χ0) is 14.7. The predicted molar refractivity (Wildman–Crippen MR) is 92.7 cm³/mol. The van der Waals surface area contributed by atoms with Gasteiger partial charge in [-0.05, 0) is 18.4 Å². The van der Waals surface area contributed by atoms with Crippen LogP contribution in [0.4, 0.5) is 0 Å². The van der Waals surface area contributed by atoms with Gasteiger partial charge in [-0.15, -0.1) is 23.1 Å². The van der Waals surface area contributed by atoms with E-state index in [4.69, 9.17) is 10.7 Å². The lowest BCUT2D eigenvalue weighted by Gasteiger charge is -1.99. The van der Waals surface area contributed by atoms with E-state index in [1.807, 2.05) is 18.2 Å². The lowest BCUT2D eigenvalue weighted by Crippen LogP contribution is -1.95. The number of aromatic nitrogens is 1. The summed E-state index contributed by atoms with van der Waals surface area (Å²) in [5, 5.41) is 1.03. The molecule has 0 amide bonds. The molecule has 21 heavy (non-hydrogen) atoms. The summed E-state index contributed by atoms with van der Waals surface area (Å²) in [6, 6.07) is 18.7. The van der Waals surface area contributed by atoms with Crippen molar-refractivity contribution in [1.29, 1.82) is 0 Å². The molecule has 0 aliphatic rings. The zero-order valence-corrected chi connectivity index (χ0v) is 13.4. The number of hydrogen-bond donors (Lipinski definition) is 1. The van der Waals surface area contributed by atoms with Gasteiger partial charge in [-0.25, -0.2) is 4.98 Å². The lowest BCUT2D eigenvalue weighted by molar-refractivity contribution is 1.10. The van der Waals surface area contributed by atoms with E-state index in [-0.39, 0.29) is 0 Å². The van der Waals surface area contributed by atoms with Crippen LogP contribution < -0.4 is 5.73 Å². The molecule has 4 heteroatoms. The van der Waals surface area contributed by atoms with E-state index in [1.54, 1.807) is 23.1 Å². The van der Waals surface area contributed by atoms with Crippen LogP contribution in [0.15, 0.2) is 59.5 Å². The van der Waals surface area contributed by atoms with Crippen molar-refractivity contribution < 1.29 is 0 Å². The summed E-state index contributed by atoms with van der Waals surface area (Å²) in [6.07, 6.45) is 2.08. The average molecular weight is 312 g/mol. The number of nitrogens with two attached hydrogens (primary N) is 1. The molecule has 1 aromatic heterocycles. The Bertz CT molecular complexity index is 718. The molecule has 0 spiro atoms. The smallest absolute Gasteiger partial charge is 0.124 e. The van der Waals surface area contributed by atoms with Gasteiger partial charge in [-0.1, -0.05) is 42.5 Å². The van der Waals surface area contributed by atoms with E-state index in [0.29, 0.717) is 6.54 Å². The van der Waals surface area contributed by atoms with E-state index in [2.05, 4.69) is 42.7 Å². The topological polar surface area (TPSA) is 38.9 Å². The molecule has 0 saturated heterocycles. The summed E-state index contributed by atoms with van der Waals surface area (Å²) in [5.41, 5.74) is 9.17. The van der Waals surface area contributed by atoms with Gasteiger partial charge >= 0.3 is 0 Å². The van der Waals surface area contributed by atoms with Crippen LogP contribution in [0.2, 0.25) is 0 Å². The third-order valence-corrected chi connectivity index (χ3v) is 5.14. The molecule has 0 fully saturated rings. The average Bonchev–Trinajstić information content (AvgIpc) is 3.00. The normalized spacial score (nSPS) is 10.8. The van der Waals surface area contributed by atoms with Crippen molar-refractivity contribution in [1.82, 2.24) is 4.98 Å². The summed E-state index contributed by atoms with van der Waals surface area (Å²) in [4.78, 5) is 7.20. The Labute approximate surface area is 133 Å². The Balaban J connectivity index is 2.02. The third kappa shape index (κ3) is 3.02. The van der Waals surface area contributed by atoms with E-state index in [0.717, 1.165) is 26.7 Å². The van der Waals surface area contributed by atoms with Crippen LogP contribution in [0.1, 0.15) is 4.88 Å². The van der Waals surface area contributed by atoms with Crippen LogP contribution in [0.5, 0.6) is 0 Å². The fourth-order valence-electron chi connectivity index (χ4n) is 2.17. The highest BCUT2D eigenvalue weighted by Crippen LogP contribution is 2.34. The van der Waals surface area contributed by atoms with Gasteiger partial charge in [0, 0.05) is 27.4 Å². The maximum Gasteiger partial charge on any atom is 0.124 e. The molecule has 3 aromatic rings. The molecular weight excluding hydrogens is 296 g/mol. The first kappa shape index (κ1) is 14.3. The van der Waals surface area contributed by atoms with Gasteiger partial charge in [0.05, 0.1) is 5.69 Å². The van der Waals surface area contributed by atoms with Crippen molar-refractivity contribution in [3.8, 4) is 21.8 Å². The molecule has 3 rings (SSSR count). The molecule has 0 aliphatic carbocycles. The number of thioether (sulfide) groups is 1. The Morgan fingerprint density at radius 3 is 2.33 bits per heavy atom. The summed E-state index contributed by atoms with van der Waals surface area (Å²) in [6.45, 7) is 0.519. The number of thiazole rings is 1. The fraction of sp³-hybridized carbons (Fsp3) is 0.118. The first-order valence-corrected chi connectivity index (χ1v) is 8.75. The minimum absolute atomic E-state index is 0.519. The molecule has 2 aromatic carbocycles. The molecular formula is C17H16N2S2. The minimum Gasteiger partial charge on any atom is -0.326 e. The Morgan fingerprint density at radius 2 is 1.71 bits per heavy atom. The molecule has 0 aliphatic heterocycles. The Hall–Kier alpha value is -1.62. The zero-order valence-electron chi connectivity index (χ0n) is 11.7. The minimum atomic E-state index is 0.519. The van der Waals surface area contributed by atoms with Crippen molar-refractivity contribution in [3.63, 3.8) is 0 Å². The first-order valence-electron chi connectivity index (χ1n) is 6.71. The highest BCUT2D eigenvalue weighted by Gasteiger charge is 2.13. The standard InChI is InChI=1S/C17H16N2S2/c1-20-14-9-7-13(8-10-14)17-19-16(15(11-18)21-17)12-5-3-2-4-6-12/h2-10H,11,18H2,1H3. The van der Waals surface area contributed by atoms with E-state index >= 15 is 0 Å². The second-order valence-electron chi connectivity index (χ2n) is 4.59. The van der Waals surface area contributed by atoms with Crippen LogP contribution in [0.3, 0.4) is 0 Å². The third-order valence-electron chi connectivity index (χ3n) is 3.27. The maximum atomic E-state index is 5.89. The predicted octanol–water partition coefficient (Wildman–Crippen LogP) is 4.66. The van der Waals surface area contributed by atoms with Gasteiger partial charge in [0.25, 0.3) is 0 Å². The summed E-state index contributed by atoms with van der Waals surface area (Å²) >= 11 is 3.42. The molecule has 0 atom stereocenters. The quantitative estimate of drug-likeness (QED) is 0.712. The van der Waals surface area contributed by atoms with Crippen LogP contribution >= 0.6 is 23.1 Å². The number of benzene rings is 2. The SMILES string of the molecule is CSc1ccc(-c2nc(-c3ccccc3)c(CN)s2)cc1. The van der Waals surface area contributed by atoms with Gasteiger partial charge < -0.3 is 5.73 Å². The maximum absolute atomic E-state index is 5.89. The summed E-state index contributed by atoms with van der Waals surface area (Å²) in [5.74, 6) is 0. The number of nitrogens with zero attached hydrogens (tertiary/aromatic N) is 1. The highest BCUT2D eigenvalue weighted by atomic mass is 32.2. The Kier molecular flexibility index (Phi) is 4.39. The largest absolute Gasteiger partial charge is 0.326 e. The second-order valence-corrected chi connectivity index (χ2v) is 6.55. The molecule has 2 N–H and O–H groups in total. The molecule has 0 saturated carbocycles. The van der Waals surface area contributed by atoms with E-state index < -0.39 is 0 Å². The van der Waals surface area contributed by atoms with Crippen LogP contribution in [-0.2, 0) is 6.54 Å². The Morgan fingerprint density at radius 1 is 1.00 bits per heavy atom. The van der Waals surface area contributed by atoms with Gasteiger partial charge in [-0.3, -0.25) is 0 Å². The van der Waals surface area contributed by atoms with Crippen LogP contribution in [-0.4, -0.2) is 11.2 Å². The van der Waals surface area contributed by atoms with Crippen molar-refractivity contribution >= 4 is 23.1 Å². The number of rotatable bonds is 4. The molecule has 0 bridgehead atoms. The van der Waals surface area contributed by atoms with Crippen molar-refractivity contribution in [3.05, 3.63) is 59.5 Å². The second kappa shape index (κ2) is 6.43. The molecule has 2 nitrogen and oxygen atoms in total. The highest BCUT2D eigenvalue weighted by molar-refractivity contribution is 7.98. The van der Waals surface area contributed by atoms with Gasteiger partial charge in [0.1, 0.15) is 5.01 Å². The van der Waals surface area contributed by atoms with Crippen molar-refractivity contribution in [2.45, 2.75) is 11.4 Å². The van der Waals surface area contributed by atoms with Crippen molar-refractivity contribution in [2.75, 3.05) is 6.26 Å². The van der Waals surface area contributed by atoms with Gasteiger partial charge in [0.15, 0.2) is 0 Å². The molecule has 1 heterocycles. The van der Waals surface area contributed by atoms with Crippen LogP contribution in [0.25, 0.3) is 21.8 Å². The lowest BCUT2D eigenvalue weighted by atomic mass is 10.1. The fourth-order valence-corrected chi connectivity index (χ4v) is 3.54. The van der Waals surface area contributed by atoms with Crippen molar-refractivity contribution in [2.24, 2.45) is 5.73 Å². The van der Waals surface area contributed by atoms with E-state index in [9.17, 15) is 0 Å². The van der Waals surface area contributed by atoms with Gasteiger partial charge in [-0.2, -0.15) is 0 Å². The summed E-state index contributed by atoms with van der Waals surface area (Å²) in [7, 11) is 0. The molecule has 106 valence electrons. The first-order chi connectivity index (χ1) is 10.3. The van der Waals surface area contributed by atoms with Crippen LogP contribution in [0, 0.1) is 0 Å². The van der Waals surface area contributed by atoms with Gasteiger partial charge in [0.2, 0.25) is 0 Å². The summed E-state index contributed by atoms with van der Waals surface area (Å²) < 4.78 is 0. The van der Waals surface area contributed by atoms with E-state index in [1.165, 1.54) is 4.90 Å². The molecule has 0 radical (unpaired) electrons. The molecule has 0 unspecified atom stereocenters. The monoisotopic (exact) mass is 312 g/mol. The number of hydrogen-bond acceptors (Lipinski definition) is 4.